The van der Waals surface area contributed by atoms with Crippen molar-refractivity contribution in [1.29, 1.82) is 0 Å². The van der Waals surface area contributed by atoms with Gasteiger partial charge in [0.2, 0.25) is 0 Å². The summed E-state index contributed by atoms with van der Waals surface area (Å²) in [5.41, 5.74) is 0.324. The third-order valence-electron chi connectivity index (χ3n) is 9.30. The first kappa shape index (κ1) is 29.8. The van der Waals surface area contributed by atoms with Gasteiger partial charge in [0.05, 0.1) is 31.2 Å². The van der Waals surface area contributed by atoms with Gasteiger partial charge in [-0.05, 0) is 66.2 Å². The number of nitrogens with one attached hydrogen (secondary N) is 1. The molecular formula is C36H31ClN2O7. The minimum Gasteiger partial charge on any atom is -0.497 e. The van der Waals surface area contributed by atoms with Gasteiger partial charge in [-0.15, -0.1) is 0 Å². The Bertz CT molecular complexity index is 1780. The van der Waals surface area contributed by atoms with Gasteiger partial charge in [-0.3, -0.25) is 19.7 Å². The van der Waals surface area contributed by atoms with Crippen molar-refractivity contribution in [3.63, 3.8) is 0 Å². The number of Topliss-reactive ketones (excluding diaryl/α,β-unsaturated/α-hetero) is 1. The highest BCUT2D eigenvalue weighted by Crippen LogP contribution is 2.55. The molecule has 3 aliphatic heterocycles. The second-order valence-electron chi connectivity index (χ2n) is 11.6. The summed E-state index contributed by atoms with van der Waals surface area (Å²) in [5, 5.41) is 3.99. The molecule has 46 heavy (non-hydrogen) atoms. The number of carbonyl (C=O) groups excluding carboxylic acids is 3. The Hall–Kier alpha value is -4.86. The third kappa shape index (κ3) is 4.69. The molecule has 4 aromatic rings. The molecule has 7 rings (SSSR count). The summed E-state index contributed by atoms with van der Waals surface area (Å²) in [6.45, 7) is -0.0551. The lowest BCUT2D eigenvalue weighted by molar-refractivity contribution is -0.143. The van der Waals surface area contributed by atoms with Crippen LogP contribution in [0.25, 0.3) is 0 Å². The number of ketones is 1. The van der Waals surface area contributed by atoms with E-state index in [9.17, 15) is 9.59 Å². The highest BCUT2D eigenvalue weighted by atomic mass is 35.5. The number of nitrogens with zero attached hydrogens (tertiary/aromatic N) is 1. The first-order valence-corrected chi connectivity index (χ1v) is 15.3. The number of halogens is 1. The lowest BCUT2D eigenvalue weighted by Gasteiger charge is -2.53. The van der Waals surface area contributed by atoms with Gasteiger partial charge in [0.15, 0.2) is 11.9 Å². The number of methoxy groups -OCH3 is 2. The number of ether oxygens (including phenoxy) is 4. The number of amides is 1. The van der Waals surface area contributed by atoms with Crippen LogP contribution in [0.4, 0.5) is 5.69 Å². The normalized spacial score (nSPS) is 26.6. The fourth-order valence-corrected chi connectivity index (χ4v) is 7.32. The van der Waals surface area contributed by atoms with Gasteiger partial charge in [-0.2, -0.15) is 0 Å². The number of esters is 1. The number of benzene rings is 4. The van der Waals surface area contributed by atoms with Gasteiger partial charge in [0.1, 0.15) is 29.9 Å². The first-order valence-electron chi connectivity index (χ1n) is 14.9. The molecule has 9 nitrogen and oxygen atoms in total. The van der Waals surface area contributed by atoms with Crippen molar-refractivity contribution in [2.75, 3.05) is 25.7 Å². The fraction of sp³-hybridized carbons (Fsp3) is 0.250. The van der Waals surface area contributed by atoms with Crippen LogP contribution >= 0.6 is 11.6 Å². The number of carbonyl (C=O) groups is 3. The lowest BCUT2D eigenvalue weighted by atomic mass is 9.61. The zero-order valence-electron chi connectivity index (χ0n) is 25.1. The maximum Gasteiger partial charge on any atom is 0.323 e. The number of rotatable bonds is 7. The molecule has 3 heterocycles. The van der Waals surface area contributed by atoms with Gasteiger partial charge in [0.25, 0.3) is 5.91 Å². The Kier molecular flexibility index (Phi) is 7.66. The maximum atomic E-state index is 15.0. The smallest absolute Gasteiger partial charge is 0.323 e. The molecule has 0 bridgehead atoms. The molecule has 1 N–H and O–H groups in total. The molecular weight excluding hydrogens is 608 g/mol. The van der Waals surface area contributed by atoms with E-state index in [2.05, 4.69) is 5.32 Å². The van der Waals surface area contributed by atoms with Crippen molar-refractivity contribution in [2.45, 2.75) is 30.1 Å². The van der Waals surface area contributed by atoms with E-state index in [4.69, 9.17) is 30.5 Å². The molecule has 6 atom stereocenters. The number of hydrogen-bond donors (Lipinski definition) is 1. The summed E-state index contributed by atoms with van der Waals surface area (Å²) >= 11 is 6.28. The molecule has 2 saturated heterocycles. The second kappa shape index (κ2) is 11.8. The van der Waals surface area contributed by atoms with Gasteiger partial charge < -0.3 is 23.8 Å². The van der Waals surface area contributed by atoms with Crippen molar-refractivity contribution >= 4 is 34.9 Å². The van der Waals surface area contributed by atoms with E-state index in [-0.39, 0.29) is 18.3 Å². The molecule has 0 aromatic heterocycles. The van der Waals surface area contributed by atoms with Crippen LogP contribution < -0.4 is 24.4 Å². The minimum atomic E-state index is -1.37. The van der Waals surface area contributed by atoms with E-state index in [1.165, 1.54) is 7.11 Å². The summed E-state index contributed by atoms with van der Waals surface area (Å²) < 4.78 is 23.4. The van der Waals surface area contributed by atoms with Crippen LogP contribution in [0.3, 0.4) is 0 Å². The molecule has 1 spiro atoms. The van der Waals surface area contributed by atoms with Gasteiger partial charge in [-0.25, -0.2) is 0 Å². The summed E-state index contributed by atoms with van der Waals surface area (Å²) in [6, 6.07) is 27.8. The van der Waals surface area contributed by atoms with E-state index >= 15 is 4.79 Å². The number of hydrogen-bond acceptors (Lipinski definition) is 8. The predicted octanol–water partition coefficient (Wildman–Crippen LogP) is 5.07. The standard InChI is InChI=1S/C36H31ClN2O7/c1-43-24-18-16-23(17-19-24)39-30(31(34(39)41)46-25-8-4-3-5-9-25)32-36(20-45-27-11-7-6-10-26(27)33(36)40)28(29(38-32)35(42)44-2)21-12-14-22(37)15-13-21/h3-19,28-32,38H,20H2,1-2H3/t28-,29+,30-,31-,32+,36+/m0/s1. The number of fused-ring (bicyclic) bond motifs is 1. The Morgan fingerprint density at radius 1 is 0.891 bits per heavy atom. The zero-order valence-corrected chi connectivity index (χ0v) is 25.8. The largest absolute Gasteiger partial charge is 0.497 e. The van der Waals surface area contributed by atoms with Crippen molar-refractivity contribution < 1.29 is 33.3 Å². The molecule has 3 aliphatic rings. The fourth-order valence-electron chi connectivity index (χ4n) is 7.19. The van der Waals surface area contributed by atoms with E-state index in [0.29, 0.717) is 39.1 Å². The average molecular weight is 639 g/mol. The molecule has 0 unspecified atom stereocenters. The van der Waals surface area contributed by atoms with Crippen LogP contribution in [0.2, 0.25) is 5.02 Å². The molecule has 10 heteroatoms. The van der Waals surface area contributed by atoms with Crippen molar-refractivity contribution in [2.24, 2.45) is 5.41 Å². The van der Waals surface area contributed by atoms with Crippen LogP contribution in [-0.4, -0.2) is 62.7 Å². The molecule has 4 aromatic carbocycles. The number of β-lactam (4-membered cyclic amide) rings is 1. The third-order valence-corrected chi connectivity index (χ3v) is 9.55. The molecule has 0 aliphatic carbocycles. The quantitative estimate of drug-likeness (QED) is 0.221. The molecule has 1 amide bonds. The molecule has 2 fully saturated rings. The first-order chi connectivity index (χ1) is 22.4. The number of para-hydroxylation sites is 2. The van der Waals surface area contributed by atoms with E-state index in [1.807, 2.05) is 36.4 Å². The maximum absolute atomic E-state index is 15.0. The second-order valence-corrected chi connectivity index (χ2v) is 12.0. The zero-order chi connectivity index (χ0) is 32.0. The SMILES string of the molecule is COC(=O)[C@@H]1N[C@H]([C@@H]2[C@H](Oc3ccccc3)C(=O)N2c2ccc(OC)cc2)[C@@]2(COc3ccccc3C2=O)[C@H]1c1ccc(Cl)cc1. The van der Waals surface area contributed by atoms with Crippen LogP contribution in [0.15, 0.2) is 103 Å². The van der Waals surface area contributed by atoms with Crippen LogP contribution in [0, 0.1) is 5.41 Å². The average Bonchev–Trinajstić information content (AvgIpc) is 3.42. The van der Waals surface area contributed by atoms with Gasteiger partial charge in [-0.1, -0.05) is 54.1 Å². The summed E-state index contributed by atoms with van der Waals surface area (Å²) in [5.74, 6) is -0.188. The highest BCUT2D eigenvalue weighted by Gasteiger charge is 2.70. The van der Waals surface area contributed by atoms with E-state index in [1.54, 1.807) is 78.7 Å². The van der Waals surface area contributed by atoms with Crippen LogP contribution in [0.5, 0.6) is 17.2 Å². The van der Waals surface area contributed by atoms with Crippen molar-refractivity contribution in [3.05, 3.63) is 119 Å². The van der Waals surface area contributed by atoms with Gasteiger partial charge >= 0.3 is 5.97 Å². The van der Waals surface area contributed by atoms with E-state index in [0.717, 1.165) is 0 Å². The molecule has 234 valence electrons. The Morgan fingerprint density at radius 2 is 1.59 bits per heavy atom. The van der Waals surface area contributed by atoms with Crippen molar-refractivity contribution in [1.82, 2.24) is 5.32 Å². The Balaban J connectivity index is 1.42. The van der Waals surface area contributed by atoms with Gasteiger partial charge in [0, 0.05) is 22.7 Å². The minimum absolute atomic E-state index is 0.0551. The highest BCUT2D eigenvalue weighted by molar-refractivity contribution is 6.30. The van der Waals surface area contributed by atoms with Crippen LogP contribution in [-0.2, 0) is 14.3 Å². The van der Waals surface area contributed by atoms with Crippen LogP contribution in [0.1, 0.15) is 21.8 Å². The summed E-state index contributed by atoms with van der Waals surface area (Å²) in [6.07, 6.45) is -0.980. The summed E-state index contributed by atoms with van der Waals surface area (Å²) in [7, 11) is 2.88. The van der Waals surface area contributed by atoms with E-state index < -0.39 is 41.5 Å². The van der Waals surface area contributed by atoms with Crippen molar-refractivity contribution in [3.8, 4) is 17.2 Å². The lowest BCUT2D eigenvalue weighted by Crippen LogP contribution is -2.76. The predicted molar refractivity (Wildman–Crippen MR) is 171 cm³/mol. The molecule has 0 saturated carbocycles. The number of anilines is 1. The Labute approximate surface area is 271 Å². The summed E-state index contributed by atoms with van der Waals surface area (Å²) in [4.78, 5) is 44.2. The Morgan fingerprint density at radius 3 is 2.28 bits per heavy atom. The topological polar surface area (TPSA) is 103 Å². The molecule has 0 radical (unpaired) electrons. The monoisotopic (exact) mass is 638 g/mol.